The first-order valence-electron chi connectivity index (χ1n) is 6.24. The minimum absolute atomic E-state index is 0.782. The van der Waals surface area contributed by atoms with Gasteiger partial charge in [0, 0.05) is 0 Å². The predicted octanol–water partition coefficient (Wildman–Crippen LogP) is 3.40. The Balaban J connectivity index is 2.88. The van der Waals surface area contributed by atoms with E-state index in [1.165, 1.54) is 19.5 Å². The van der Waals surface area contributed by atoms with Crippen LogP contribution in [0.2, 0.25) is 14.8 Å². The fourth-order valence-electron chi connectivity index (χ4n) is 2.66. The molecule has 2 heteroatoms. The first-order chi connectivity index (χ1) is 6.83. The summed E-state index contributed by atoms with van der Waals surface area (Å²) < 4.78 is 2.72. The molecule has 1 heterocycles. The molecule has 88 valence electrons. The van der Waals surface area contributed by atoms with E-state index in [1.54, 1.807) is 5.57 Å². The van der Waals surface area contributed by atoms with Crippen LogP contribution in [0.15, 0.2) is 9.67 Å². The van der Waals surface area contributed by atoms with Crippen molar-refractivity contribution in [2.45, 2.75) is 35.1 Å². The van der Waals surface area contributed by atoms with Crippen LogP contribution in [0.4, 0.5) is 0 Å². The van der Waals surface area contributed by atoms with Gasteiger partial charge >= 0.3 is 100 Å². The van der Waals surface area contributed by atoms with E-state index in [0.29, 0.717) is 0 Å². The van der Waals surface area contributed by atoms with Crippen LogP contribution in [-0.2, 0) is 0 Å². The maximum absolute atomic E-state index is 2.72. The Morgan fingerprint density at radius 1 is 1.33 bits per heavy atom. The van der Waals surface area contributed by atoms with Crippen molar-refractivity contribution < 1.29 is 0 Å². The van der Waals surface area contributed by atoms with E-state index in [0.717, 1.165) is 11.8 Å². The molecule has 0 unspecified atom stereocenters. The van der Waals surface area contributed by atoms with Crippen molar-refractivity contribution in [3.05, 3.63) is 9.67 Å². The van der Waals surface area contributed by atoms with Crippen LogP contribution in [0.25, 0.3) is 0 Å². The summed E-state index contributed by atoms with van der Waals surface area (Å²) in [5.74, 6) is 1.61. The van der Waals surface area contributed by atoms with Gasteiger partial charge in [0.05, 0.1) is 0 Å². The van der Waals surface area contributed by atoms with E-state index < -0.39 is 18.4 Å². The Morgan fingerprint density at radius 3 is 2.40 bits per heavy atom. The molecule has 1 aliphatic heterocycles. The number of nitrogens with zero attached hydrogens (tertiary/aromatic N) is 1. The van der Waals surface area contributed by atoms with Crippen molar-refractivity contribution in [1.82, 2.24) is 4.90 Å². The number of hydrogen-bond donors (Lipinski definition) is 0. The van der Waals surface area contributed by atoms with E-state index in [2.05, 4.69) is 44.7 Å². The van der Waals surface area contributed by atoms with E-state index in [9.17, 15) is 0 Å². The van der Waals surface area contributed by atoms with Gasteiger partial charge in [0.15, 0.2) is 0 Å². The minimum atomic E-state index is -1.75. The summed E-state index contributed by atoms with van der Waals surface area (Å²) in [6, 6.07) is 0. The van der Waals surface area contributed by atoms with Crippen LogP contribution in [0.5, 0.6) is 0 Å². The fraction of sp³-hybridized carbons (Fsp3) is 0.846. The van der Waals surface area contributed by atoms with Crippen molar-refractivity contribution in [3.8, 4) is 0 Å². The van der Waals surface area contributed by atoms with E-state index in [4.69, 9.17) is 0 Å². The van der Waals surface area contributed by atoms with E-state index >= 15 is 0 Å². The number of hydrogen-bond acceptors (Lipinski definition) is 1. The normalized spacial score (nSPS) is 32.3. The number of piperidine rings is 1. The third kappa shape index (κ3) is 4.10. The molecule has 15 heavy (non-hydrogen) atoms. The summed E-state index contributed by atoms with van der Waals surface area (Å²) in [4.78, 5) is 10.0. The standard InChI is InChI=1S/C10H18N.3CH3.Sn/c1-5-10-7-11(4)6-8(2)9(10)3;;;;/h3,8,10H,5-7H2,1-2,4H3;3*1H3;/t8-,10-;;;;/m0..../s1. The monoisotopic (exact) mass is 317 g/mol. The van der Waals surface area contributed by atoms with Crippen LogP contribution < -0.4 is 0 Å². The summed E-state index contributed by atoms with van der Waals surface area (Å²) in [6.07, 6.45) is 1.31. The molecule has 0 aromatic rings. The van der Waals surface area contributed by atoms with Crippen LogP contribution in [-0.4, -0.2) is 43.4 Å². The Kier molecular flexibility index (Phi) is 4.72. The van der Waals surface area contributed by atoms with Crippen LogP contribution >= 0.6 is 0 Å². The fourth-order valence-corrected chi connectivity index (χ4v) is 7.00. The van der Waals surface area contributed by atoms with Gasteiger partial charge in [0.25, 0.3) is 0 Å². The van der Waals surface area contributed by atoms with Gasteiger partial charge in [-0.1, -0.05) is 0 Å². The summed E-state index contributed by atoms with van der Waals surface area (Å²) >= 11 is -1.75. The second-order valence-corrected chi connectivity index (χ2v) is 20.6. The van der Waals surface area contributed by atoms with Gasteiger partial charge in [-0.2, -0.15) is 0 Å². The first kappa shape index (κ1) is 13.6. The molecule has 0 aliphatic carbocycles. The zero-order valence-electron chi connectivity index (χ0n) is 11.3. The zero-order chi connectivity index (χ0) is 11.6. The molecule has 0 aromatic carbocycles. The second kappa shape index (κ2) is 5.22. The summed E-state index contributed by atoms with van der Waals surface area (Å²) in [5.41, 5.74) is 1.79. The Hall–Kier alpha value is 0.499. The maximum atomic E-state index is 2.72. The Morgan fingerprint density at radius 2 is 1.93 bits per heavy atom. The molecule has 0 spiro atoms. The van der Waals surface area contributed by atoms with Crippen LogP contribution in [0.3, 0.4) is 0 Å². The van der Waals surface area contributed by atoms with Gasteiger partial charge in [0.1, 0.15) is 0 Å². The molecular weight excluding hydrogens is 289 g/mol. The molecule has 1 saturated heterocycles. The Bertz CT molecular complexity index is 239. The van der Waals surface area contributed by atoms with Crippen molar-refractivity contribution in [1.29, 1.82) is 0 Å². The SMILES string of the molecule is CC[C@H]1CN(C)C[C@H](C)/C1=[CH]\[Sn]([CH3])([CH3])[CH3]. The van der Waals surface area contributed by atoms with Gasteiger partial charge in [-0.15, -0.1) is 0 Å². The molecule has 0 radical (unpaired) electrons. The van der Waals surface area contributed by atoms with E-state index in [-0.39, 0.29) is 0 Å². The average Bonchev–Trinajstić information content (AvgIpc) is 2.07. The van der Waals surface area contributed by atoms with E-state index in [1.807, 2.05) is 0 Å². The molecule has 0 bridgehead atoms. The summed E-state index contributed by atoms with van der Waals surface area (Å²) in [6.45, 7) is 7.27. The van der Waals surface area contributed by atoms with Crippen LogP contribution in [0, 0.1) is 11.8 Å². The third-order valence-electron chi connectivity index (χ3n) is 3.25. The second-order valence-electron chi connectivity index (χ2n) is 6.24. The molecular formula is C13H27NSn. The van der Waals surface area contributed by atoms with Crippen molar-refractivity contribution in [2.75, 3.05) is 20.1 Å². The molecule has 0 saturated carbocycles. The number of likely N-dealkylation sites (tertiary alicyclic amines) is 1. The Labute approximate surface area is 99.8 Å². The quantitative estimate of drug-likeness (QED) is 0.706. The van der Waals surface area contributed by atoms with Crippen molar-refractivity contribution in [3.63, 3.8) is 0 Å². The van der Waals surface area contributed by atoms with Gasteiger partial charge in [-0.3, -0.25) is 0 Å². The topological polar surface area (TPSA) is 3.24 Å². The molecule has 0 aromatic heterocycles. The summed E-state index contributed by atoms with van der Waals surface area (Å²) in [5, 5.41) is 0. The third-order valence-corrected chi connectivity index (χ3v) is 6.67. The molecule has 1 nitrogen and oxygen atoms in total. The molecule has 0 N–H and O–H groups in total. The number of rotatable bonds is 2. The first-order valence-corrected chi connectivity index (χ1v) is 16.5. The van der Waals surface area contributed by atoms with Gasteiger partial charge in [0.2, 0.25) is 0 Å². The van der Waals surface area contributed by atoms with Crippen LogP contribution in [0.1, 0.15) is 20.3 Å². The molecule has 1 fully saturated rings. The molecule has 1 aliphatic rings. The summed E-state index contributed by atoms with van der Waals surface area (Å²) in [7, 11) is 2.26. The molecule has 0 amide bonds. The average molecular weight is 316 g/mol. The van der Waals surface area contributed by atoms with Gasteiger partial charge < -0.3 is 0 Å². The van der Waals surface area contributed by atoms with Crippen molar-refractivity contribution >= 4 is 18.4 Å². The predicted molar refractivity (Wildman–Crippen MR) is 71.9 cm³/mol. The van der Waals surface area contributed by atoms with Crippen molar-refractivity contribution in [2.24, 2.45) is 11.8 Å². The van der Waals surface area contributed by atoms with Gasteiger partial charge in [-0.05, 0) is 0 Å². The molecule has 2 atom stereocenters. The molecule has 1 rings (SSSR count). The van der Waals surface area contributed by atoms with Gasteiger partial charge in [-0.25, -0.2) is 0 Å². The zero-order valence-corrected chi connectivity index (χ0v) is 14.2.